The maximum atomic E-state index is 12.0. The van der Waals surface area contributed by atoms with E-state index >= 15 is 0 Å². The van der Waals surface area contributed by atoms with Crippen molar-refractivity contribution >= 4 is 17.2 Å². The SMILES string of the molecule is N#Cc1ccc(CN2CCC[C@@H]2c2nc(C(=O)NC3CC3)no2)s1. The van der Waals surface area contributed by atoms with Crippen LogP contribution in [0.2, 0.25) is 0 Å². The minimum Gasteiger partial charge on any atom is -0.346 e. The van der Waals surface area contributed by atoms with E-state index in [1.807, 2.05) is 12.1 Å². The van der Waals surface area contributed by atoms with Crippen molar-refractivity contribution in [3.05, 3.63) is 33.6 Å². The standard InChI is InChI=1S/C16H17N5O2S/c17-8-11-5-6-12(24-11)9-21-7-1-2-13(21)16-19-14(20-23-16)15(22)18-10-3-4-10/h5-6,10,13H,1-4,7,9H2,(H,18,22)/t13-/m1/s1. The van der Waals surface area contributed by atoms with Gasteiger partial charge in [0.15, 0.2) is 0 Å². The number of nitriles is 1. The molecule has 4 rings (SSSR count). The molecule has 0 unspecified atom stereocenters. The number of carbonyl (C=O) groups is 1. The Hall–Kier alpha value is -2.24. The van der Waals surface area contributed by atoms with Gasteiger partial charge in [0, 0.05) is 17.5 Å². The van der Waals surface area contributed by atoms with Crippen LogP contribution in [0, 0.1) is 11.3 Å². The minimum atomic E-state index is -0.256. The molecule has 1 aliphatic heterocycles. The van der Waals surface area contributed by atoms with Crippen molar-refractivity contribution in [3.63, 3.8) is 0 Å². The van der Waals surface area contributed by atoms with Gasteiger partial charge in [0.2, 0.25) is 5.89 Å². The van der Waals surface area contributed by atoms with Gasteiger partial charge in [-0.15, -0.1) is 11.3 Å². The van der Waals surface area contributed by atoms with E-state index in [1.165, 1.54) is 11.3 Å². The van der Waals surface area contributed by atoms with Gasteiger partial charge in [-0.1, -0.05) is 5.16 Å². The zero-order valence-electron chi connectivity index (χ0n) is 13.1. The third-order valence-electron chi connectivity index (χ3n) is 4.34. The molecule has 1 saturated carbocycles. The number of rotatable bonds is 5. The zero-order chi connectivity index (χ0) is 16.5. The summed E-state index contributed by atoms with van der Waals surface area (Å²) >= 11 is 1.51. The van der Waals surface area contributed by atoms with Gasteiger partial charge in [0.25, 0.3) is 11.7 Å². The van der Waals surface area contributed by atoms with Crippen LogP contribution < -0.4 is 5.32 Å². The average molecular weight is 343 g/mol. The summed E-state index contributed by atoms with van der Waals surface area (Å²) in [5.74, 6) is 0.367. The predicted molar refractivity (Wildman–Crippen MR) is 86.2 cm³/mol. The summed E-state index contributed by atoms with van der Waals surface area (Å²) in [4.78, 5) is 20.4. The van der Waals surface area contributed by atoms with Gasteiger partial charge in [-0.3, -0.25) is 9.69 Å². The summed E-state index contributed by atoms with van der Waals surface area (Å²) in [6.45, 7) is 1.69. The van der Waals surface area contributed by atoms with Gasteiger partial charge >= 0.3 is 0 Å². The second-order valence-electron chi connectivity index (χ2n) is 6.21. The topological polar surface area (TPSA) is 95.0 Å². The number of aromatic nitrogens is 2. The molecule has 2 aliphatic rings. The molecule has 3 heterocycles. The van der Waals surface area contributed by atoms with E-state index in [-0.39, 0.29) is 23.8 Å². The lowest BCUT2D eigenvalue weighted by atomic mass is 10.2. The summed E-state index contributed by atoms with van der Waals surface area (Å²) in [5.41, 5.74) is 0. The fraction of sp³-hybridized carbons (Fsp3) is 0.500. The molecule has 2 fully saturated rings. The molecule has 0 aromatic carbocycles. The van der Waals surface area contributed by atoms with Crippen LogP contribution in [0.15, 0.2) is 16.7 Å². The van der Waals surface area contributed by atoms with Crippen molar-refractivity contribution in [2.24, 2.45) is 0 Å². The number of thiophene rings is 1. The largest absolute Gasteiger partial charge is 0.346 e. The van der Waals surface area contributed by atoms with Crippen molar-refractivity contribution in [1.82, 2.24) is 20.4 Å². The van der Waals surface area contributed by atoms with E-state index in [2.05, 4.69) is 26.4 Å². The molecule has 24 heavy (non-hydrogen) atoms. The van der Waals surface area contributed by atoms with Crippen LogP contribution in [0.1, 0.15) is 58.0 Å². The molecule has 2 aromatic heterocycles. The van der Waals surface area contributed by atoms with Crippen molar-refractivity contribution in [3.8, 4) is 6.07 Å². The first-order valence-electron chi connectivity index (χ1n) is 8.10. The second-order valence-corrected chi connectivity index (χ2v) is 7.38. The van der Waals surface area contributed by atoms with Crippen LogP contribution in [-0.2, 0) is 6.54 Å². The van der Waals surface area contributed by atoms with Gasteiger partial charge in [-0.25, -0.2) is 0 Å². The highest BCUT2D eigenvalue weighted by Crippen LogP contribution is 2.33. The maximum Gasteiger partial charge on any atom is 0.292 e. The minimum absolute atomic E-state index is 0.0348. The summed E-state index contributed by atoms with van der Waals surface area (Å²) in [6, 6.07) is 6.31. The molecule has 0 radical (unpaired) electrons. The first-order chi connectivity index (χ1) is 11.7. The molecule has 0 bridgehead atoms. The lowest BCUT2D eigenvalue weighted by Crippen LogP contribution is -2.26. The molecule has 0 spiro atoms. The van der Waals surface area contributed by atoms with E-state index in [9.17, 15) is 4.79 Å². The molecular formula is C16H17N5O2S. The molecule has 1 N–H and O–H groups in total. The number of amides is 1. The van der Waals surface area contributed by atoms with E-state index in [4.69, 9.17) is 9.78 Å². The van der Waals surface area contributed by atoms with Crippen molar-refractivity contribution in [2.45, 2.75) is 44.3 Å². The number of hydrogen-bond acceptors (Lipinski definition) is 7. The summed E-state index contributed by atoms with van der Waals surface area (Å²) in [5, 5.41) is 15.6. The van der Waals surface area contributed by atoms with E-state index in [1.54, 1.807) is 0 Å². The Labute approximate surface area is 143 Å². The second kappa shape index (κ2) is 6.34. The monoisotopic (exact) mass is 343 g/mol. The van der Waals surface area contributed by atoms with E-state index in [0.717, 1.165) is 48.5 Å². The Morgan fingerprint density at radius 3 is 3.08 bits per heavy atom. The normalized spacial score (nSPS) is 20.9. The van der Waals surface area contributed by atoms with Gasteiger partial charge < -0.3 is 9.84 Å². The fourth-order valence-electron chi connectivity index (χ4n) is 2.96. The quantitative estimate of drug-likeness (QED) is 0.894. The summed E-state index contributed by atoms with van der Waals surface area (Å²) in [6.07, 6.45) is 4.03. The first kappa shape index (κ1) is 15.3. The summed E-state index contributed by atoms with van der Waals surface area (Å²) < 4.78 is 5.35. The van der Waals surface area contributed by atoms with Gasteiger partial charge in [0.1, 0.15) is 10.9 Å². The highest BCUT2D eigenvalue weighted by Gasteiger charge is 2.32. The highest BCUT2D eigenvalue weighted by atomic mass is 32.1. The Bertz CT molecular complexity index is 788. The molecule has 7 nitrogen and oxygen atoms in total. The number of nitrogens with one attached hydrogen (secondary N) is 1. The van der Waals surface area contributed by atoms with E-state index < -0.39 is 0 Å². The predicted octanol–water partition coefficient (Wildman–Crippen LogP) is 2.23. The zero-order valence-corrected chi connectivity index (χ0v) is 13.9. The molecule has 1 atom stereocenters. The van der Waals surface area contributed by atoms with Crippen LogP contribution in [0.5, 0.6) is 0 Å². The lowest BCUT2D eigenvalue weighted by Gasteiger charge is -2.20. The van der Waals surface area contributed by atoms with Crippen LogP contribution in [0.3, 0.4) is 0 Å². The molecular weight excluding hydrogens is 326 g/mol. The lowest BCUT2D eigenvalue weighted by molar-refractivity contribution is 0.0937. The Morgan fingerprint density at radius 1 is 1.46 bits per heavy atom. The van der Waals surface area contributed by atoms with Gasteiger partial charge in [0.05, 0.1) is 6.04 Å². The molecule has 8 heteroatoms. The molecule has 1 aliphatic carbocycles. The molecule has 1 amide bonds. The van der Waals surface area contributed by atoms with Crippen LogP contribution in [0.25, 0.3) is 0 Å². The van der Waals surface area contributed by atoms with Crippen molar-refractivity contribution < 1.29 is 9.32 Å². The molecule has 124 valence electrons. The summed E-state index contributed by atoms with van der Waals surface area (Å²) in [7, 11) is 0. The van der Waals surface area contributed by atoms with E-state index in [0.29, 0.717) is 5.89 Å². The van der Waals surface area contributed by atoms with Crippen molar-refractivity contribution in [1.29, 1.82) is 5.26 Å². The third kappa shape index (κ3) is 3.18. The average Bonchev–Trinajstić information content (AvgIpc) is 3.01. The number of nitrogens with zero attached hydrogens (tertiary/aromatic N) is 4. The van der Waals surface area contributed by atoms with Crippen LogP contribution in [-0.4, -0.2) is 33.5 Å². The van der Waals surface area contributed by atoms with Crippen molar-refractivity contribution in [2.75, 3.05) is 6.54 Å². The Kier molecular flexibility index (Phi) is 4.04. The molecule has 1 saturated heterocycles. The number of carbonyl (C=O) groups excluding carboxylic acids is 1. The van der Waals surface area contributed by atoms with Gasteiger partial charge in [-0.2, -0.15) is 10.2 Å². The third-order valence-corrected chi connectivity index (χ3v) is 5.31. The Morgan fingerprint density at radius 2 is 2.33 bits per heavy atom. The van der Waals surface area contributed by atoms with Crippen LogP contribution >= 0.6 is 11.3 Å². The smallest absolute Gasteiger partial charge is 0.292 e. The van der Waals surface area contributed by atoms with Gasteiger partial charge in [-0.05, 0) is 44.4 Å². The first-order valence-corrected chi connectivity index (χ1v) is 8.92. The fourth-order valence-corrected chi connectivity index (χ4v) is 3.79. The highest BCUT2D eigenvalue weighted by molar-refractivity contribution is 7.12. The number of hydrogen-bond donors (Lipinski definition) is 1. The molecule has 2 aromatic rings. The number of likely N-dealkylation sites (tertiary alicyclic amines) is 1. The van der Waals surface area contributed by atoms with Crippen LogP contribution in [0.4, 0.5) is 0 Å². The maximum absolute atomic E-state index is 12.0. The Balaban J connectivity index is 1.45.